The number of methoxy groups -OCH3 is 2. The molecule has 0 aliphatic carbocycles. The predicted molar refractivity (Wildman–Crippen MR) is 70.5 cm³/mol. The second-order valence-corrected chi connectivity index (χ2v) is 3.47. The van der Waals surface area contributed by atoms with Gasteiger partial charge in [-0.3, -0.25) is 4.79 Å². The van der Waals surface area contributed by atoms with Gasteiger partial charge in [-0.15, -0.1) is 12.4 Å². The topological polar surface area (TPSA) is 73.6 Å². The van der Waals surface area contributed by atoms with Crippen LogP contribution in [-0.2, 0) is 4.79 Å². The summed E-state index contributed by atoms with van der Waals surface area (Å²) in [5, 5.41) is 2.88. The molecule has 0 aliphatic heterocycles. The first-order valence-corrected chi connectivity index (χ1v) is 4.86. The molecule has 0 radical (unpaired) electrons. The minimum atomic E-state index is -0.237. The maximum absolute atomic E-state index is 11.0. The number of carbonyl (C=O) groups is 1. The van der Waals surface area contributed by atoms with Gasteiger partial charge in [-0.05, 0) is 6.07 Å². The maximum atomic E-state index is 11.0. The van der Waals surface area contributed by atoms with Gasteiger partial charge in [-0.1, -0.05) is 11.6 Å². The fourth-order valence-electron chi connectivity index (χ4n) is 1.34. The van der Waals surface area contributed by atoms with Crippen LogP contribution in [0.5, 0.6) is 11.5 Å². The molecule has 0 bridgehead atoms. The third kappa shape index (κ3) is 3.31. The van der Waals surface area contributed by atoms with Gasteiger partial charge in [0.2, 0.25) is 5.91 Å². The summed E-state index contributed by atoms with van der Waals surface area (Å²) in [6.45, 7) is 1.38. The highest BCUT2D eigenvalue weighted by atomic mass is 35.5. The number of halogens is 2. The van der Waals surface area contributed by atoms with Gasteiger partial charge in [0, 0.05) is 6.92 Å². The van der Waals surface area contributed by atoms with Crippen molar-refractivity contribution in [2.75, 3.05) is 25.3 Å². The normalized spacial score (nSPS) is 9.18. The van der Waals surface area contributed by atoms with Crippen molar-refractivity contribution in [3.8, 4) is 11.5 Å². The number of benzene rings is 1. The Kier molecular flexibility index (Phi) is 5.91. The number of nitrogens with two attached hydrogens (primary N) is 1. The fourth-order valence-corrected chi connectivity index (χ4v) is 1.63. The van der Waals surface area contributed by atoms with E-state index in [0.29, 0.717) is 22.2 Å². The molecule has 1 amide bonds. The number of rotatable bonds is 3. The van der Waals surface area contributed by atoms with Crippen molar-refractivity contribution in [3.63, 3.8) is 0 Å². The summed E-state index contributed by atoms with van der Waals surface area (Å²) in [6.07, 6.45) is 0. The summed E-state index contributed by atoms with van der Waals surface area (Å²) >= 11 is 5.94. The molecule has 1 aromatic carbocycles. The highest BCUT2D eigenvalue weighted by molar-refractivity contribution is 6.33. The first-order chi connectivity index (χ1) is 7.51. The molecule has 0 heterocycles. The van der Waals surface area contributed by atoms with Crippen LogP contribution in [-0.4, -0.2) is 20.1 Å². The molecule has 1 aromatic rings. The van der Waals surface area contributed by atoms with E-state index in [2.05, 4.69) is 5.32 Å². The largest absolute Gasteiger partial charge is 0.493 e. The highest BCUT2D eigenvalue weighted by Gasteiger charge is 2.17. The minimum Gasteiger partial charge on any atom is -0.493 e. The van der Waals surface area contributed by atoms with Crippen LogP contribution in [0.15, 0.2) is 6.07 Å². The average Bonchev–Trinajstić information content (AvgIpc) is 2.17. The lowest BCUT2D eigenvalue weighted by Crippen LogP contribution is -2.09. The van der Waals surface area contributed by atoms with Gasteiger partial charge < -0.3 is 20.5 Å². The molecule has 0 saturated heterocycles. The number of ether oxygens (including phenoxy) is 2. The van der Waals surface area contributed by atoms with Gasteiger partial charge >= 0.3 is 0 Å². The van der Waals surface area contributed by atoms with E-state index in [1.807, 2.05) is 0 Å². The van der Waals surface area contributed by atoms with Crippen molar-refractivity contribution >= 4 is 41.3 Å². The SMILES string of the molecule is COc1c(Cl)cc(NC(C)=O)c(OC)c1N.Cl. The van der Waals surface area contributed by atoms with Gasteiger partial charge in [0.15, 0.2) is 11.5 Å². The molecule has 0 saturated carbocycles. The van der Waals surface area contributed by atoms with E-state index in [-0.39, 0.29) is 24.0 Å². The van der Waals surface area contributed by atoms with Crippen LogP contribution in [0.25, 0.3) is 0 Å². The Morgan fingerprint density at radius 2 is 1.88 bits per heavy atom. The highest BCUT2D eigenvalue weighted by Crippen LogP contribution is 2.43. The maximum Gasteiger partial charge on any atom is 0.221 e. The Hall–Kier alpha value is -1.33. The first kappa shape index (κ1) is 15.7. The summed E-state index contributed by atoms with van der Waals surface area (Å²) in [5.41, 5.74) is 6.46. The molecule has 3 N–H and O–H groups in total. The molecule has 0 aliphatic rings. The number of nitrogens with one attached hydrogen (secondary N) is 1. The van der Waals surface area contributed by atoms with Gasteiger partial charge in [0.1, 0.15) is 5.69 Å². The van der Waals surface area contributed by atoms with E-state index < -0.39 is 0 Å². The van der Waals surface area contributed by atoms with Crippen molar-refractivity contribution in [1.82, 2.24) is 0 Å². The van der Waals surface area contributed by atoms with Crippen LogP contribution in [0, 0.1) is 0 Å². The molecular weight excluding hydrogens is 267 g/mol. The van der Waals surface area contributed by atoms with Gasteiger partial charge in [-0.2, -0.15) is 0 Å². The summed E-state index contributed by atoms with van der Waals surface area (Å²) in [5.74, 6) is 0.419. The standard InChI is InChI=1S/C10H13ClN2O3.ClH/c1-5(14)13-7-4-6(11)9(15-2)8(12)10(7)16-3;/h4H,12H2,1-3H3,(H,13,14);1H. The summed E-state index contributed by atoms with van der Waals surface area (Å²) < 4.78 is 10.1. The van der Waals surface area contributed by atoms with Crippen LogP contribution in [0.4, 0.5) is 11.4 Å². The number of hydrogen-bond donors (Lipinski definition) is 2. The number of amides is 1. The van der Waals surface area contributed by atoms with Crippen molar-refractivity contribution in [3.05, 3.63) is 11.1 Å². The molecule has 5 nitrogen and oxygen atoms in total. The first-order valence-electron chi connectivity index (χ1n) is 4.48. The van der Waals surface area contributed by atoms with Crippen molar-refractivity contribution in [2.24, 2.45) is 0 Å². The smallest absolute Gasteiger partial charge is 0.221 e. The molecule has 0 unspecified atom stereocenters. The Morgan fingerprint density at radius 1 is 1.35 bits per heavy atom. The van der Waals surface area contributed by atoms with E-state index in [0.717, 1.165) is 0 Å². The van der Waals surface area contributed by atoms with Crippen LogP contribution in [0.2, 0.25) is 5.02 Å². The predicted octanol–water partition coefficient (Wildman–Crippen LogP) is 2.32. The lowest BCUT2D eigenvalue weighted by molar-refractivity contribution is -0.114. The molecule has 0 fully saturated rings. The lowest BCUT2D eigenvalue weighted by atomic mass is 10.2. The number of anilines is 2. The van der Waals surface area contributed by atoms with Crippen LogP contribution in [0.1, 0.15) is 6.92 Å². The molecule has 7 heteroatoms. The molecule has 96 valence electrons. The van der Waals surface area contributed by atoms with Crippen LogP contribution < -0.4 is 20.5 Å². The lowest BCUT2D eigenvalue weighted by Gasteiger charge is -2.15. The average molecular weight is 281 g/mol. The van der Waals surface area contributed by atoms with E-state index in [9.17, 15) is 4.79 Å². The Morgan fingerprint density at radius 3 is 2.29 bits per heavy atom. The fraction of sp³-hybridized carbons (Fsp3) is 0.300. The Labute approximate surface area is 111 Å². The van der Waals surface area contributed by atoms with Crippen LogP contribution in [0.3, 0.4) is 0 Å². The third-order valence-electron chi connectivity index (χ3n) is 1.94. The van der Waals surface area contributed by atoms with Gasteiger partial charge in [0.25, 0.3) is 0 Å². The molecule has 17 heavy (non-hydrogen) atoms. The van der Waals surface area contributed by atoms with Gasteiger partial charge in [0.05, 0.1) is 24.9 Å². The number of hydrogen-bond acceptors (Lipinski definition) is 4. The zero-order valence-electron chi connectivity index (χ0n) is 9.67. The van der Waals surface area contributed by atoms with Crippen molar-refractivity contribution in [2.45, 2.75) is 6.92 Å². The summed E-state index contributed by atoms with van der Waals surface area (Å²) in [7, 11) is 2.90. The zero-order chi connectivity index (χ0) is 12.3. The Bertz CT molecular complexity index is 425. The number of nitrogen functional groups attached to an aromatic ring is 1. The van der Waals surface area contributed by atoms with Gasteiger partial charge in [-0.25, -0.2) is 0 Å². The molecule has 1 rings (SSSR count). The van der Waals surface area contributed by atoms with Crippen molar-refractivity contribution < 1.29 is 14.3 Å². The molecule has 0 aromatic heterocycles. The second-order valence-electron chi connectivity index (χ2n) is 3.07. The van der Waals surface area contributed by atoms with E-state index in [4.69, 9.17) is 26.8 Å². The summed E-state index contributed by atoms with van der Waals surface area (Å²) in [4.78, 5) is 11.0. The molecular formula is C10H14Cl2N2O3. The van der Waals surface area contributed by atoms with E-state index >= 15 is 0 Å². The second kappa shape index (κ2) is 6.42. The van der Waals surface area contributed by atoms with E-state index in [1.54, 1.807) is 0 Å². The zero-order valence-corrected chi connectivity index (χ0v) is 11.2. The third-order valence-corrected chi connectivity index (χ3v) is 2.22. The molecule has 0 spiro atoms. The minimum absolute atomic E-state index is 0. The molecule has 0 atom stereocenters. The Balaban J connectivity index is 0.00000256. The van der Waals surface area contributed by atoms with Crippen molar-refractivity contribution in [1.29, 1.82) is 0 Å². The summed E-state index contributed by atoms with van der Waals surface area (Å²) in [6, 6.07) is 1.52. The quantitative estimate of drug-likeness (QED) is 0.834. The number of carbonyl (C=O) groups excluding carboxylic acids is 1. The van der Waals surface area contributed by atoms with E-state index in [1.165, 1.54) is 27.2 Å². The monoisotopic (exact) mass is 280 g/mol. The van der Waals surface area contributed by atoms with Crippen LogP contribution >= 0.6 is 24.0 Å².